The molecule has 10 aromatic rings. The van der Waals surface area contributed by atoms with Crippen LogP contribution in [0.25, 0.3) is 71.7 Å². The van der Waals surface area contributed by atoms with Gasteiger partial charge in [0.05, 0.1) is 28.1 Å². The molecule has 0 spiro atoms. The first-order chi connectivity index (χ1) is 25.8. The summed E-state index contributed by atoms with van der Waals surface area (Å²) in [6.07, 6.45) is 0. The maximum absolute atomic E-state index is 6.55. The molecule has 2 aromatic heterocycles. The molecule has 0 aliphatic carbocycles. The Bertz CT molecular complexity index is 3010. The fourth-order valence-electron chi connectivity index (χ4n) is 7.99. The molecule has 8 aromatic carbocycles. The third kappa shape index (κ3) is 4.48. The Morgan fingerprint density at radius 2 is 1.04 bits per heavy atom. The topological polar surface area (TPSA) is 21.3 Å². The van der Waals surface area contributed by atoms with E-state index in [9.17, 15) is 0 Å². The summed E-state index contributed by atoms with van der Waals surface area (Å²) < 4.78 is 8.95. The number of furan rings is 1. The lowest BCUT2D eigenvalue weighted by atomic mass is 10.0. The largest absolute Gasteiger partial charge is 0.454 e. The summed E-state index contributed by atoms with van der Waals surface area (Å²) >= 11 is 1.83. The summed E-state index contributed by atoms with van der Waals surface area (Å²) in [6.45, 7) is 0. The van der Waals surface area contributed by atoms with Crippen LogP contribution in [-0.2, 0) is 0 Å². The first-order valence-corrected chi connectivity index (χ1v) is 18.4. The van der Waals surface area contributed by atoms with Crippen molar-refractivity contribution in [1.29, 1.82) is 0 Å². The average molecular weight is 683 g/mol. The first-order valence-electron chi connectivity index (χ1n) is 17.6. The van der Waals surface area contributed by atoms with E-state index in [4.69, 9.17) is 4.42 Å². The normalized spacial score (nSPS) is 12.5. The molecule has 0 atom stereocenters. The lowest BCUT2D eigenvalue weighted by Crippen LogP contribution is -2.15. The minimum atomic E-state index is 0.900. The lowest BCUT2D eigenvalue weighted by Gasteiger charge is -2.33. The van der Waals surface area contributed by atoms with Crippen LogP contribution >= 0.6 is 11.8 Å². The van der Waals surface area contributed by atoms with Gasteiger partial charge >= 0.3 is 0 Å². The smallest absolute Gasteiger partial charge is 0.159 e. The van der Waals surface area contributed by atoms with Crippen LogP contribution in [0.3, 0.4) is 0 Å². The number of para-hydroxylation sites is 4. The highest BCUT2D eigenvalue weighted by Crippen LogP contribution is 2.54. The zero-order valence-electron chi connectivity index (χ0n) is 28.0. The van der Waals surface area contributed by atoms with Gasteiger partial charge in [0.25, 0.3) is 0 Å². The summed E-state index contributed by atoms with van der Waals surface area (Å²) in [5.74, 6) is 0. The predicted octanol–water partition coefficient (Wildman–Crippen LogP) is 14.0. The summed E-state index contributed by atoms with van der Waals surface area (Å²) in [5, 5.41) is 4.75. The van der Waals surface area contributed by atoms with Crippen molar-refractivity contribution >= 4 is 72.6 Å². The average Bonchev–Trinajstić information content (AvgIpc) is 3.76. The van der Waals surface area contributed by atoms with Crippen molar-refractivity contribution in [3.63, 3.8) is 0 Å². The Kier molecular flexibility index (Phi) is 6.48. The van der Waals surface area contributed by atoms with E-state index in [2.05, 4.69) is 185 Å². The summed E-state index contributed by atoms with van der Waals surface area (Å²) in [7, 11) is 0. The Hall–Kier alpha value is -6.49. The molecule has 1 aliphatic heterocycles. The number of rotatable bonds is 4. The van der Waals surface area contributed by atoms with Gasteiger partial charge in [-0.25, -0.2) is 0 Å². The Balaban J connectivity index is 1.05. The number of hydrogen-bond donors (Lipinski definition) is 0. The molecule has 0 unspecified atom stereocenters. The fourth-order valence-corrected chi connectivity index (χ4v) is 9.09. The van der Waals surface area contributed by atoms with Crippen LogP contribution < -0.4 is 4.90 Å². The molecule has 52 heavy (non-hydrogen) atoms. The molecule has 0 bridgehead atoms. The Labute approximate surface area is 305 Å². The predicted molar refractivity (Wildman–Crippen MR) is 218 cm³/mol. The third-order valence-corrected chi connectivity index (χ3v) is 11.5. The number of nitrogens with zero attached hydrogens (tertiary/aromatic N) is 2. The Morgan fingerprint density at radius 3 is 1.98 bits per heavy atom. The van der Waals surface area contributed by atoms with Crippen LogP contribution in [0.5, 0.6) is 0 Å². The van der Waals surface area contributed by atoms with Gasteiger partial charge in [-0.1, -0.05) is 127 Å². The number of anilines is 3. The standard InChI is InChI=1S/C48H30N2OS/c1-2-12-31(13-3-1)32-14-10-15-35(28-32)49-40-19-6-4-16-36(40)39-29-33(24-26-41(39)49)34-25-27-43-47(30-34)52-46-23-9-7-20-42(46)50(43)44-21-11-18-38-37-17-5-8-22-45(37)51-48(38)44/h1-30H. The fraction of sp³-hybridized carbons (Fsp3) is 0. The molecule has 0 saturated heterocycles. The van der Waals surface area contributed by atoms with Gasteiger partial charge < -0.3 is 13.9 Å². The maximum atomic E-state index is 6.55. The van der Waals surface area contributed by atoms with Crippen LogP contribution in [0.2, 0.25) is 0 Å². The van der Waals surface area contributed by atoms with Gasteiger partial charge in [-0.15, -0.1) is 0 Å². The highest BCUT2D eigenvalue weighted by molar-refractivity contribution is 7.99. The SMILES string of the molecule is c1ccc(-c2cccc(-n3c4ccccc4c4cc(-c5ccc6c(c5)Sc5ccccc5N6c5cccc6c5oc5ccccc56)ccc43)c2)cc1. The maximum Gasteiger partial charge on any atom is 0.159 e. The van der Waals surface area contributed by atoms with Gasteiger partial charge in [0.1, 0.15) is 5.58 Å². The lowest BCUT2D eigenvalue weighted by molar-refractivity contribution is 0.669. The van der Waals surface area contributed by atoms with E-state index in [0.717, 1.165) is 44.7 Å². The second kappa shape index (κ2) is 11.5. The van der Waals surface area contributed by atoms with Crippen LogP contribution in [0.1, 0.15) is 0 Å². The second-order valence-corrected chi connectivity index (χ2v) is 14.4. The van der Waals surface area contributed by atoms with Crippen molar-refractivity contribution in [3.8, 4) is 27.9 Å². The van der Waals surface area contributed by atoms with Gasteiger partial charge in [-0.2, -0.15) is 0 Å². The molecule has 0 fully saturated rings. The molecule has 3 nitrogen and oxygen atoms in total. The Morgan fingerprint density at radius 1 is 0.385 bits per heavy atom. The third-order valence-electron chi connectivity index (χ3n) is 10.4. The number of benzene rings is 8. The van der Waals surface area contributed by atoms with Gasteiger partial charge in [0.2, 0.25) is 0 Å². The monoisotopic (exact) mass is 682 g/mol. The molecule has 0 N–H and O–H groups in total. The van der Waals surface area contributed by atoms with Crippen LogP contribution in [-0.4, -0.2) is 4.57 Å². The molecule has 3 heterocycles. The van der Waals surface area contributed by atoms with Gasteiger partial charge in [-0.05, 0) is 89.0 Å². The minimum absolute atomic E-state index is 0.900. The first kappa shape index (κ1) is 29.3. The molecule has 0 amide bonds. The molecule has 4 heteroatoms. The van der Waals surface area contributed by atoms with Crippen molar-refractivity contribution < 1.29 is 4.42 Å². The zero-order valence-corrected chi connectivity index (χ0v) is 28.8. The van der Waals surface area contributed by atoms with Crippen molar-refractivity contribution in [2.45, 2.75) is 9.79 Å². The number of fused-ring (bicyclic) bond motifs is 8. The van der Waals surface area contributed by atoms with Gasteiger partial charge in [-0.3, -0.25) is 0 Å². The van der Waals surface area contributed by atoms with E-state index >= 15 is 0 Å². The van der Waals surface area contributed by atoms with Crippen molar-refractivity contribution in [3.05, 3.63) is 182 Å². The van der Waals surface area contributed by atoms with E-state index in [0.29, 0.717) is 0 Å². The molecule has 0 radical (unpaired) electrons. The van der Waals surface area contributed by atoms with Crippen molar-refractivity contribution in [2.24, 2.45) is 0 Å². The molecule has 244 valence electrons. The van der Waals surface area contributed by atoms with Crippen LogP contribution in [0.15, 0.2) is 196 Å². The summed E-state index contributed by atoms with van der Waals surface area (Å²) in [4.78, 5) is 4.80. The second-order valence-electron chi connectivity index (χ2n) is 13.3. The number of hydrogen-bond acceptors (Lipinski definition) is 3. The van der Waals surface area contributed by atoms with E-state index in [-0.39, 0.29) is 0 Å². The summed E-state index contributed by atoms with van der Waals surface area (Å²) in [6, 6.07) is 65.5. The van der Waals surface area contributed by atoms with Gasteiger partial charge in [0.15, 0.2) is 5.58 Å². The van der Waals surface area contributed by atoms with Crippen molar-refractivity contribution in [2.75, 3.05) is 4.90 Å². The highest BCUT2D eigenvalue weighted by atomic mass is 32.2. The van der Waals surface area contributed by atoms with E-state index < -0.39 is 0 Å². The molecular weight excluding hydrogens is 653 g/mol. The number of aromatic nitrogens is 1. The molecular formula is C48H30N2OS. The quantitative estimate of drug-likeness (QED) is 0.184. The molecule has 0 saturated carbocycles. The molecule has 1 aliphatic rings. The zero-order chi connectivity index (χ0) is 34.2. The highest BCUT2D eigenvalue weighted by Gasteiger charge is 2.28. The van der Waals surface area contributed by atoms with Crippen LogP contribution in [0.4, 0.5) is 17.1 Å². The van der Waals surface area contributed by atoms with Gasteiger partial charge in [0, 0.05) is 37.0 Å². The summed E-state index contributed by atoms with van der Waals surface area (Å²) in [5.41, 5.74) is 13.5. The molecule has 11 rings (SSSR count). The van der Waals surface area contributed by atoms with E-state index in [1.165, 1.54) is 53.9 Å². The van der Waals surface area contributed by atoms with Crippen LogP contribution in [0, 0.1) is 0 Å². The van der Waals surface area contributed by atoms with E-state index in [1.54, 1.807) is 0 Å². The van der Waals surface area contributed by atoms with Crippen molar-refractivity contribution in [1.82, 2.24) is 4.57 Å². The minimum Gasteiger partial charge on any atom is -0.454 e. The van der Waals surface area contributed by atoms with E-state index in [1.807, 2.05) is 17.8 Å².